The van der Waals surface area contributed by atoms with Crippen molar-refractivity contribution in [3.8, 4) is 11.5 Å². The number of halogens is 1. The second-order valence-corrected chi connectivity index (χ2v) is 9.39. The van der Waals surface area contributed by atoms with Gasteiger partial charge in [-0.15, -0.1) is 0 Å². The molecule has 3 aromatic carbocycles. The Balaban J connectivity index is 1.67. The zero-order valence-corrected chi connectivity index (χ0v) is 20.1. The molecule has 0 saturated carbocycles. The van der Waals surface area contributed by atoms with Crippen LogP contribution in [-0.2, 0) is 10.0 Å². The van der Waals surface area contributed by atoms with Crippen LogP contribution in [0.15, 0.2) is 65.6 Å². The van der Waals surface area contributed by atoms with E-state index in [0.29, 0.717) is 17.2 Å². The second-order valence-electron chi connectivity index (χ2n) is 7.30. The Kier molecular flexibility index (Phi) is 7.84. The largest absolute Gasteiger partial charge is 0.493 e. The summed E-state index contributed by atoms with van der Waals surface area (Å²) < 4.78 is 39.1. The van der Waals surface area contributed by atoms with E-state index in [4.69, 9.17) is 21.1 Å². The summed E-state index contributed by atoms with van der Waals surface area (Å²) in [5.41, 5.74) is 2.50. The van der Waals surface area contributed by atoms with Gasteiger partial charge in [-0.05, 0) is 67.4 Å². The molecule has 0 aliphatic heterocycles. The average molecular weight is 489 g/mol. The van der Waals surface area contributed by atoms with Crippen LogP contribution >= 0.6 is 11.6 Å². The van der Waals surface area contributed by atoms with Crippen LogP contribution in [0.5, 0.6) is 11.5 Å². The molecule has 0 aliphatic rings. The van der Waals surface area contributed by atoms with E-state index < -0.39 is 15.9 Å². The number of sulfonamides is 1. The number of hydrogen-bond donors (Lipinski definition) is 2. The van der Waals surface area contributed by atoms with Crippen LogP contribution in [0.3, 0.4) is 0 Å². The molecule has 2 N–H and O–H groups in total. The van der Waals surface area contributed by atoms with Crippen molar-refractivity contribution in [1.82, 2.24) is 5.32 Å². The maximum absolute atomic E-state index is 12.8. The van der Waals surface area contributed by atoms with Crippen LogP contribution in [0.25, 0.3) is 0 Å². The molecule has 1 amide bonds. The number of nitrogens with one attached hydrogen (secondary N) is 2. The van der Waals surface area contributed by atoms with Gasteiger partial charge in [0.05, 0.1) is 29.1 Å². The minimum atomic E-state index is -3.91. The van der Waals surface area contributed by atoms with Crippen molar-refractivity contribution in [2.45, 2.75) is 18.7 Å². The maximum Gasteiger partial charge on any atom is 0.261 e. The molecule has 0 bridgehead atoms. The number of rotatable bonds is 9. The van der Waals surface area contributed by atoms with Crippen LogP contribution in [0.2, 0.25) is 5.02 Å². The fourth-order valence-corrected chi connectivity index (χ4v) is 4.30. The highest BCUT2D eigenvalue weighted by atomic mass is 35.5. The van der Waals surface area contributed by atoms with Gasteiger partial charge in [0.2, 0.25) is 0 Å². The lowest BCUT2D eigenvalue weighted by molar-refractivity contribution is 0.0946. The molecule has 0 spiro atoms. The SMILES string of the molecule is COc1ccccc1OCCNC(=O)c1cc(S(=O)(=O)Nc2ccc(C)c(C)c2)ccc1Cl. The number of aryl methyl sites for hydroxylation is 2. The zero-order chi connectivity index (χ0) is 24.0. The van der Waals surface area contributed by atoms with Crippen molar-refractivity contribution >= 4 is 33.2 Å². The third-order valence-electron chi connectivity index (χ3n) is 4.97. The number of anilines is 1. The van der Waals surface area contributed by atoms with E-state index in [1.165, 1.54) is 18.2 Å². The molecule has 33 heavy (non-hydrogen) atoms. The van der Waals surface area contributed by atoms with Gasteiger partial charge in [-0.25, -0.2) is 8.42 Å². The first kappa shape index (κ1) is 24.4. The van der Waals surface area contributed by atoms with Gasteiger partial charge in [0, 0.05) is 5.69 Å². The molecule has 0 unspecified atom stereocenters. The number of hydrogen-bond acceptors (Lipinski definition) is 5. The lowest BCUT2D eigenvalue weighted by Crippen LogP contribution is -2.28. The minimum absolute atomic E-state index is 0.0527. The van der Waals surface area contributed by atoms with Crippen LogP contribution in [0, 0.1) is 13.8 Å². The predicted octanol–water partition coefficient (Wildman–Crippen LogP) is 4.58. The first-order chi connectivity index (χ1) is 15.7. The highest BCUT2D eigenvalue weighted by molar-refractivity contribution is 7.92. The summed E-state index contributed by atoms with van der Waals surface area (Å²) in [5, 5.41) is 2.83. The Morgan fingerprint density at radius 1 is 0.970 bits per heavy atom. The smallest absolute Gasteiger partial charge is 0.261 e. The van der Waals surface area contributed by atoms with E-state index in [2.05, 4.69) is 10.0 Å². The van der Waals surface area contributed by atoms with Gasteiger partial charge in [0.15, 0.2) is 11.5 Å². The van der Waals surface area contributed by atoms with Gasteiger partial charge in [-0.1, -0.05) is 29.8 Å². The zero-order valence-electron chi connectivity index (χ0n) is 18.5. The molecule has 0 aliphatic carbocycles. The topological polar surface area (TPSA) is 93.7 Å². The van der Waals surface area contributed by atoms with Crippen molar-refractivity contribution in [3.05, 3.63) is 82.4 Å². The predicted molar refractivity (Wildman–Crippen MR) is 129 cm³/mol. The molecule has 7 nitrogen and oxygen atoms in total. The number of carbonyl (C=O) groups excluding carboxylic acids is 1. The first-order valence-corrected chi connectivity index (χ1v) is 12.0. The molecule has 0 fully saturated rings. The third-order valence-corrected chi connectivity index (χ3v) is 6.67. The monoisotopic (exact) mass is 488 g/mol. The van der Waals surface area contributed by atoms with Gasteiger partial charge in [0.1, 0.15) is 6.61 Å². The van der Waals surface area contributed by atoms with Crippen LogP contribution < -0.4 is 19.5 Å². The molecule has 0 aromatic heterocycles. The molecule has 174 valence electrons. The Bertz CT molecular complexity index is 1260. The van der Waals surface area contributed by atoms with E-state index in [1.807, 2.05) is 32.0 Å². The molecule has 0 saturated heterocycles. The van der Waals surface area contributed by atoms with Gasteiger partial charge in [-0.2, -0.15) is 0 Å². The van der Waals surface area contributed by atoms with Crippen molar-refractivity contribution in [2.24, 2.45) is 0 Å². The van der Waals surface area contributed by atoms with Crippen molar-refractivity contribution in [1.29, 1.82) is 0 Å². The summed E-state index contributed by atoms with van der Waals surface area (Å²) >= 11 is 6.16. The number of benzene rings is 3. The summed E-state index contributed by atoms with van der Waals surface area (Å²) in [5.74, 6) is 0.630. The average Bonchev–Trinajstić information content (AvgIpc) is 2.79. The van der Waals surface area contributed by atoms with Crippen LogP contribution in [0.4, 0.5) is 5.69 Å². The normalized spacial score (nSPS) is 11.0. The van der Waals surface area contributed by atoms with Gasteiger partial charge < -0.3 is 14.8 Å². The maximum atomic E-state index is 12.8. The van der Waals surface area contributed by atoms with Gasteiger partial charge >= 0.3 is 0 Å². The molecular formula is C24H25ClN2O5S. The Labute approximate surface area is 198 Å². The molecule has 0 radical (unpaired) electrons. The molecule has 3 rings (SSSR count). The Morgan fingerprint density at radius 2 is 1.70 bits per heavy atom. The van der Waals surface area contributed by atoms with Crippen LogP contribution in [-0.4, -0.2) is 34.6 Å². The first-order valence-electron chi connectivity index (χ1n) is 10.1. The summed E-state index contributed by atoms with van der Waals surface area (Å²) in [6.07, 6.45) is 0. The van der Waals surface area contributed by atoms with E-state index >= 15 is 0 Å². The summed E-state index contributed by atoms with van der Waals surface area (Å²) in [6.45, 7) is 4.22. The van der Waals surface area contributed by atoms with E-state index in [1.54, 1.807) is 31.4 Å². The fraction of sp³-hybridized carbons (Fsp3) is 0.208. The summed E-state index contributed by atoms with van der Waals surface area (Å²) in [6, 6.07) is 16.4. The standard InChI is InChI=1S/C24H25ClN2O5S/c1-16-8-9-18(14-17(16)2)27-33(29,30)19-10-11-21(25)20(15-19)24(28)26-12-13-32-23-7-5-4-6-22(23)31-3/h4-11,14-15,27H,12-13H2,1-3H3,(H,26,28). The molecule has 0 heterocycles. The van der Waals surface area contributed by atoms with Crippen LogP contribution in [0.1, 0.15) is 21.5 Å². The quantitative estimate of drug-likeness (QED) is 0.430. The number of methoxy groups -OCH3 is 1. The van der Waals surface area contributed by atoms with E-state index in [9.17, 15) is 13.2 Å². The molecule has 9 heteroatoms. The minimum Gasteiger partial charge on any atom is -0.493 e. The van der Waals surface area contributed by atoms with Gasteiger partial charge in [-0.3, -0.25) is 9.52 Å². The Morgan fingerprint density at radius 3 is 2.39 bits per heavy atom. The van der Waals surface area contributed by atoms with Crippen molar-refractivity contribution in [3.63, 3.8) is 0 Å². The number of para-hydroxylation sites is 2. The molecular weight excluding hydrogens is 464 g/mol. The van der Waals surface area contributed by atoms with E-state index in [-0.39, 0.29) is 28.6 Å². The highest BCUT2D eigenvalue weighted by Crippen LogP contribution is 2.26. The third kappa shape index (κ3) is 6.18. The highest BCUT2D eigenvalue weighted by Gasteiger charge is 2.19. The second kappa shape index (κ2) is 10.6. The Hall–Kier alpha value is -3.23. The lowest BCUT2D eigenvalue weighted by atomic mass is 10.1. The summed E-state index contributed by atoms with van der Waals surface area (Å²) in [7, 11) is -2.37. The summed E-state index contributed by atoms with van der Waals surface area (Å²) in [4.78, 5) is 12.6. The van der Waals surface area contributed by atoms with Gasteiger partial charge in [0.25, 0.3) is 15.9 Å². The molecule has 0 atom stereocenters. The number of amides is 1. The number of ether oxygens (including phenoxy) is 2. The van der Waals surface area contributed by atoms with Crippen molar-refractivity contribution < 1.29 is 22.7 Å². The van der Waals surface area contributed by atoms with Crippen molar-refractivity contribution in [2.75, 3.05) is 25.0 Å². The lowest BCUT2D eigenvalue weighted by Gasteiger charge is -2.13. The molecule has 3 aromatic rings. The number of carbonyl (C=O) groups is 1. The van der Waals surface area contributed by atoms with E-state index in [0.717, 1.165) is 11.1 Å². The fourth-order valence-electron chi connectivity index (χ4n) is 3.02.